The number of hydrogen-bond acceptors (Lipinski definition) is 7. The van der Waals surface area contributed by atoms with Crippen LogP contribution in [0.25, 0.3) is 11.1 Å². The fourth-order valence-corrected chi connectivity index (χ4v) is 3.13. The summed E-state index contributed by atoms with van der Waals surface area (Å²) in [7, 11) is 0. The molecule has 1 aliphatic heterocycles. The van der Waals surface area contributed by atoms with Gasteiger partial charge in [0.1, 0.15) is 18.0 Å². The van der Waals surface area contributed by atoms with Crippen molar-refractivity contribution < 1.29 is 9.13 Å². The first-order valence-corrected chi connectivity index (χ1v) is 9.27. The first-order valence-electron chi connectivity index (χ1n) is 8.89. The van der Waals surface area contributed by atoms with Crippen molar-refractivity contribution in [1.29, 1.82) is 0 Å². The molecule has 1 unspecified atom stereocenters. The van der Waals surface area contributed by atoms with Gasteiger partial charge in [0.2, 0.25) is 5.95 Å². The average molecular weight is 401 g/mol. The minimum Gasteiger partial charge on any atom is -0.376 e. The summed E-state index contributed by atoms with van der Waals surface area (Å²) in [5.41, 5.74) is 2.17. The Balaban J connectivity index is 1.60. The second kappa shape index (κ2) is 8.45. The normalized spacial score (nSPS) is 16.1. The summed E-state index contributed by atoms with van der Waals surface area (Å²) in [5.74, 6) is 0.514. The Hall–Kier alpha value is -2.84. The number of halogens is 2. The van der Waals surface area contributed by atoms with Gasteiger partial charge in [0, 0.05) is 48.6 Å². The fourth-order valence-electron chi connectivity index (χ4n) is 2.95. The maximum Gasteiger partial charge on any atom is 0.229 e. The Labute approximate surface area is 166 Å². The standard InChI is InChI=1S/C19H18ClFN6O/c20-16-6-13(3-4-17(16)21)26-19-25-10-15(12-7-22-11-23-8-12)18(27-19)24-9-14-2-1-5-28-14/h3-4,6-8,10-11,14H,1-2,5,9H2,(H2,24,25,26,27). The van der Waals surface area contributed by atoms with Crippen LogP contribution in [0.4, 0.5) is 21.8 Å². The number of anilines is 3. The molecular weight excluding hydrogens is 383 g/mol. The molecule has 1 saturated heterocycles. The molecule has 0 spiro atoms. The highest BCUT2D eigenvalue weighted by Gasteiger charge is 2.17. The highest BCUT2D eigenvalue weighted by atomic mass is 35.5. The van der Waals surface area contributed by atoms with E-state index in [0.29, 0.717) is 24.0 Å². The molecular formula is C19H18ClFN6O. The Bertz CT molecular complexity index is 952. The van der Waals surface area contributed by atoms with Crippen LogP contribution in [0.5, 0.6) is 0 Å². The van der Waals surface area contributed by atoms with Crippen LogP contribution < -0.4 is 10.6 Å². The topological polar surface area (TPSA) is 84.9 Å². The number of benzene rings is 1. The molecule has 7 nitrogen and oxygen atoms in total. The van der Waals surface area contributed by atoms with Crippen LogP contribution in [-0.2, 0) is 4.74 Å². The summed E-state index contributed by atoms with van der Waals surface area (Å²) in [6.07, 6.45) is 8.80. The van der Waals surface area contributed by atoms with Gasteiger partial charge in [0.05, 0.1) is 11.1 Å². The molecule has 0 bridgehead atoms. The fraction of sp³-hybridized carbons (Fsp3) is 0.263. The van der Waals surface area contributed by atoms with Gasteiger partial charge in [-0.1, -0.05) is 11.6 Å². The van der Waals surface area contributed by atoms with Crippen LogP contribution in [0.1, 0.15) is 12.8 Å². The van der Waals surface area contributed by atoms with Gasteiger partial charge in [-0.25, -0.2) is 19.3 Å². The van der Waals surface area contributed by atoms with E-state index in [1.807, 2.05) is 0 Å². The molecule has 1 aliphatic rings. The number of ether oxygens (including phenoxy) is 1. The lowest BCUT2D eigenvalue weighted by molar-refractivity contribution is 0.120. The summed E-state index contributed by atoms with van der Waals surface area (Å²) in [4.78, 5) is 17.1. The third-order valence-electron chi connectivity index (χ3n) is 4.36. The van der Waals surface area contributed by atoms with Gasteiger partial charge < -0.3 is 15.4 Å². The summed E-state index contributed by atoms with van der Waals surface area (Å²) >= 11 is 5.84. The van der Waals surface area contributed by atoms with E-state index < -0.39 is 5.82 Å². The van der Waals surface area contributed by atoms with Crippen LogP contribution in [0.3, 0.4) is 0 Å². The second-order valence-electron chi connectivity index (χ2n) is 6.35. The SMILES string of the molecule is Fc1ccc(Nc2ncc(-c3cncnc3)c(NCC3CCCO3)n2)cc1Cl. The number of aromatic nitrogens is 4. The quantitative estimate of drug-likeness (QED) is 0.645. The van der Waals surface area contributed by atoms with Crippen molar-refractivity contribution in [2.45, 2.75) is 18.9 Å². The van der Waals surface area contributed by atoms with Crippen LogP contribution in [0.15, 0.2) is 43.1 Å². The molecule has 28 heavy (non-hydrogen) atoms. The molecule has 3 heterocycles. The van der Waals surface area contributed by atoms with Gasteiger partial charge >= 0.3 is 0 Å². The predicted octanol–water partition coefficient (Wildman–Crippen LogP) is 4.06. The van der Waals surface area contributed by atoms with E-state index in [1.54, 1.807) is 24.7 Å². The second-order valence-corrected chi connectivity index (χ2v) is 6.76. The largest absolute Gasteiger partial charge is 0.376 e. The molecule has 0 saturated carbocycles. The summed E-state index contributed by atoms with van der Waals surface area (Å²) in [5, 5.41) is 6.41. The van der Waals surface area contributed by atoms with E-state index >= 15 is 0 Å². The third-order valence-corrected chi connectivity index (χ3v) is 4.65. The van der Waals surface area contributed by atoms with Crippen LogP contribution in [-0.4, -0.2) is 39.2 Å². The minimum absolute atomic E-state index is 0.0276. The van der Waals surface area contributed by atoms with Gasteiger partial charge in [0.25, 0.3) is 0 Å². The first kappa shape index (κ1) is 18.5. The minimum atomic E-state index is -0.480. The predicted molar refractivity (Wildman–Crippen MR) is 105 cm³/mol. The number of rotatable bonds is 6. The Morgan fingerprint density at radius 3 is 2.82 bits per heavy atom. The van der Waals surface area contributed by atoms with E-state index in [-0.39, 0.29) is 11.1 Å². The lowest BCUT2D eigenvalue weighted by Crippen LogP contribution is -2.19. The smallest absolute Gasteiger partial charge is 0.229 e. The lowest BCUT2D eigenvalue weighted by atomic mass is 10.1. The maximum absolute atomic E-state index is 13.4. The highest BCUT2D eigenvalue weighted by Crippen LogP contribution is 2.28. The number of hydrogen-bond donors (Lipinski definition) is 2. The van der Waals surface area contributed by atoms with E-state index in [4.69, 9.17) is 16.3 Å². The van der Waals surface area contributed by atoms with Crippen molar-refractivity contribution in [3.63, 3.8) is 0 Å². The Kier molecular flexibility index (Phi) is 5.59. The Morgan fingerprint density at radius 2 is 2.07 bits per heavy atom. The van der Waals surface area contributed by atoms with Crippen molar-refractivity contribution >= 4 is 29.1 Å². The molecule has 9 heteroatoms. The van der Waals surface area contributed by atoms with Crippen LogP contribution in [0.2, 0.25) is 5.02 Å². The molecule has 0 amide bonds. The van der Waals surface area contributed by atoms with Gasteiger partial charge in [0.15, 0.2) is 0 Å². The van der Waals surface area contributed by atoms with Gasteiger partial charge in [-0.2, -0.15) is 4.98 Å². The van der Waals surface area contributed by atoms with E-state index in [0.717, 1.165) is 30.6 Å². The van der Waals surface area contributed by atoms with Crippen LogP contribution >= 0.6 is 11.6 Å². The molecule has 1 aromatic carbocycles. The molecule has 144 valence electrons. The highest BCUT2D eigenvalue weighted by molar-refractivity contribution is 6.31. The van der Waals surface area contributed by atoms with Crippen molar-refractivity contribution in [1.82, 2.24) is 19.9 Å². The summed E-state index contributed by atoms with van der Waals surface area (Å²) < 4.78 is 19.0. The van der Waals surface area contributed by atoms with Gasteiger partial charge in [-0.05, 0) is 31.0 Å². The number of nitrogens with zero attached hydrogens (tertiary/aromatic N) is 4. The molecule has 4 rings (SSSR count). The average Bonchev–Trinajstić information content (AvgIpc) is 3.24. The van der Waals surface area contributed by atoms with Crippen molar-refractivity contribution in [2.24, 2.45) is 0 Å². The van der Waals surface area contributed by atoms with E-state index in [2.05, 4.69) is 30.6 Å². The summed E-state index contributed by atoms with van der Waals surface area (Å²) in [6, 6.07) is 4.35. The van der Waals surface area contributed by atoms with Gasteiger partial charge in [-0.3, -0.25) is 0 Å². The van der Waals surface area contributed by atoms with Gasteiger partial charge in [-0.15, -0.1) is 0 Å². The van der Waals surface area contributed by atoms with E-state index in [1.165, 1.54) is 18.5 Å². The zero-order chi connectivity index (χ0) is 19.3. The summed E-state index contributed by atoms with van der Waals surface area (Å²) in [6.45, 7) is 1.42. The zero-order valence-electron chi connectivity index (χ0n) is 14.9. The molecule has 2 N–H and O–H groups in total. The lowest BCUT2D eigenvalue weighted by Gasteiger charge is -2.15. The third kappa shape index (κ3) is 4.35. The molecule has 1 atom stereocenters. The van der Waals surface area contributed by atoms with Crippen molar-refractivity contribution in [3.8, 4) is 11.1 Å². The molecule has 0 radical (unpaired) electrons. The molecule has 1 fully saturated rings. The van der Waals surface area contributed by atoms with E-state index in [9.17, 15) is 4.39 Å². The molecule has 0 aliphatic carbocycles. The molecule has 3 aromatic rings. The zero-order valence-corrected chi connectivity index (χ0v) is 15.7. The maximum atomic E-state index is 13.4. The Morgan fingerprint density at radius 1 is 1.21 bits per heavy atom. The number of nitrogens with one attached hydrogen (secondary N) is 2. The molecule has 2 aromatic heterocycles. The monoisotopic (exact) mass is 400 g/mol. The van der Waals surface area contributed by atoms with Crippen molar-refractivity contribution in [3.05, 3.63) is 54.0 Å². The van der Waals surface area contributed by atoms with Crippen molar-refractivity contribution in [2.75, 3.05) is 23.8 Å². The first-order chi connectivity index (χ1) is 13.7. The van der Waals surface area contributed by atoms with Crippen LogP contribution in [0, 0.1) is 5.82 Å².